The first-order valence-corrected chi connectivity index (χ1v) is 8.29. The topological polar surface area (TPSA) is 37.3 Å². The Morgan fingerprint density at radius 3 is 2.50 bits per heavy atom. The van der Waals surface area contributed by atoms with E-state index < -0.39 is 5.97 Å². The number of hydrogen-bond acceptors (Lipinski definition) is 1. The maximum atomic E-state index is 10.3. The van der Waals surface area contributed by atoms with Gasteiger partial charge in [0.1, 0.15) is 0 Å². The molecule has 0 aliphatic carbocycles. The van der Waals surface area contributed by atoms with Crippen LogP contribution in [0.15, 0.2) is 24.3 Å². The molecule has 2 nitrogen and oxygen atoms in total. The minimum Gasteiger partial charge on any atom is -0.481 e. The third-order valence-electron chi connectivity index (χ3n) is 3.16. The van der Waals surface area contributed by atoms with Gasteiger partial charge in [-0.25, -0.2) is 0 Å². The molecule has 0 saturated carbocycles. The number of carboxylic acids is 1. The molecule has 20 heavy (non-hydrogen) atoms. The lowest BCUT2D eigenvalue weighted by atomic mass is 10.1. The molecular formula is C17H29ClO2. The second-order valence-electron chi connectivity index (χ2n) is 5.17. The van der Waals surface area contributed by atoms with Gasteiger partial charge >= 0.3 is 5.97 Å². The van der Waals surface area contributed by atoms with Crippen LogP contribution in [0.2, 0.25) is 0 Å². The smallest absolute Gasteiger partial charge is 0.303 e. The quantitative estimate of drug-likeness (QED) is 0.269. The van der Waals surface area contributed by atoms with Crippen LogP contribution < -0.4 is 0 Å². The molecule has 0 aromatic heterocycles. The van der Waals surface area contributed by atoms with Gasteiger partial charge in [0, 0.05) is 6.42 Å². The molecular weight excluding hydrogens is 272 g/mol. The van der Waals surface area contributed by atoms with Crippen molar-refractivity contribution < 1.29 is 9.90 Å². The Morgan fingerprint density at radius 2 is 1.80 bits per heavy atom. The summed E-state index contributed by atoms with van der Waals surface area (Å²) in [4.78, 5) is 10.3. The van der Waals surface area contributed by atoms with Crippen LogP contribution in [0, 0.1) is 0 Å². The van der Waals surface area contributed by atoms with Gasteiger partial charge in [-0.15, -0.1) is 11.6 Å². The molecule has 0 amide bonds. The van der Waals surface area contributed by atoms with Gasteiger partial charge in [0.15, 0.2) is 0 Å². The Hall–Kier alpha value is -0.760. The molecule has 0 aliphatic rings. The Kier molecular flexibility index (Phi) is 14.1. The highest BCUT2D eigenvalue weighted by Crippen LogP contribution is 2.13. The Bertz CT molecular complexity index is 285. The van der Waals surface area contributed by atoms with E-state index in [4.69, 9.17) is 16.7 Å². The van der Waals surface area contributed by atoms with Crippen LogP contribution in [0.1, 0.15) is 71.1 Å². The van der Waals surface area contributed by atoms with Crippen LogP contribution in [0.5, 0.6) is 0 Å². The highest BCUT2D eigenvalue weighted by Gasteiger charge is 2.00. The average Bonchev–Trinajstić information content (AvgIpc) is 2.41. The van der Waals surface area contributed by atoms with Crippen molar-refractivity contribution in [3.05, 3.63) is 24.3 Å². The third kappa shape index (κ3) is 15.3. The molecule has 0 fully saturated rings. The number of rotatable bonds is 13. The van der Waals surface area contributed by atoms with E-state index in [9.17, 15) is 4.79 Å². The van der Waals surface area contributed by atoms with E-state index in [0.717, 1.165) is 44.9 Å². The zero-order valence-electron chi connectivity index (χ0n) is 12.7. The van der Waals surface area contributed by atoms with E-state index in [0.29, 0.717) is 6.42 Å². The molecule has 116 valence electrons. The Labute approximate surface area is 128 Å². The summed E-state index contributed by atoms with van der Waals surface area (Å²) in [5, 5.41) is 8.62. The van der Waals surface area contributed by atoms with Crippen LogP contribution >= 0.6 is 11.6 Å². The summed E-state index contributed by atoms with van der Waals surface area (Å²) in [5.74, 6) is -0.692. The number of halogens is 1. The van der Waals surface area contributed by atoms with Crippen LogP contribution in [-0.2, 0) is 4.79 Å². The van der Waals surface area contributed by atoms with Gasteiger partial charge in [0.25, 0.3) is 0 Å². The van der Waals surface area contributed by atoms with E-state index in [1.807, 2.05) is 6.08 Å². The molecule has 0 aromatic carbocycles. The van der Waals surface area contributed by atoms with E-state index in [1.54, 1.807) is 0 Å². The fourth-order valence-electron chi connectivity index (χ4n) is 1.92. The zero-order chi connectivity index (χ0) is 15.1. The van der Waals surface area contributed by atoms with Crippen LogP contribution in [0.4, 0.5) is 0 Å². The van der Waals surface area contributed by atoms with Crippen LogP contribution in [-0.4, -0.2) is 16.5 Å². The van der Waals surface area contributed by atoms with Crippen molar-refractivity contribution in [2.75, 3.05) is 0 Å². The summed E-state index contributed by atoms with van der Waals surface area (Å²) in [6.45, 7) is 2.19. The molecule has 0 aliphatic heterocycles. The van der Waals surface area contributed by atoms with Gasteiger partial charge in [0.2, 0.25) is 0 Å². The number of carbonyl (C=O) groups is 1. The standard InChI is InChI=1S/C17H29ClO2/c1-2-3-4-5-7-10-13-16(18)14-11-8-6-9-12-15-17(19)20/h5,7,10,13,16H,2-4,6,8-9,11-12,14-15H2,1H3,(H,19,20)/b7-5+,13-10+. The first-order valence-electron chi connectivity index (χ1n) is 7.86. The van der Waals surface area contributed by atoms with Crippen LogP contribution in [0.25, 0.3) is 0 Å². The number of allylic oxidation sites excluding steroid dienone is 4. The lowest BCUT2D eigenvalue weighted by Gasteiger charge is -2.03. The molecule has 0 aromatic rings. The number of hydrogen-bond donors (Lipinski definition) is 1. The Morgan fingerprint density at radius 1 is 1.10 bits per heavy atom. The first-order chi connectivity index (χ1) is 9.66. The lowest BCUT2D eigenvalue weighted by molar-refractivity contribution is -0.137. The second kappa shape index (κ2) is 14.6. The van der Waals surface area contributed by atoms with E-state index in [1.165, 1.54) is 12.8 Å². The zero-order valence-corrected chi connectivity index (χ0v) is 13.4. The van der Waals surface area contributed by atoms with Gasteiger partial charge in [-0.05, 0) is 19.3 Å². The second-order valence-corrected chi connectivity index (χ2v) is 5.73. The van der Waals surface area contributed by atoms with Crippen molar-refractivity contribution in [2.45, 2.75) is 76.5 Å². The maximum absolute atomic E-state index is 10.3. The molecule has 0 spiro atoms. The van der Waals surface area contributed by atoms with Crippen LogP contribution in [0.3, 0.4) is 0 Å². The van der Waals surface area contributed by atoms with Crippen molar-refractivity contribution in [3.8, 4) is 0 Å². The predicted molar refractivity (Wildman–Crippen MR) is 87.4 cm³/mol. The SMILES string of the molecule is CCCC/C=C/C=C/C(Cl)CCCCCCCC(=O)O. The van der Waals surface area contributed by atoms with Gasteiger partial charge in [-0.3, -0.25) is 4.79 Å². The monoisotopic (exact) mass is 300 g/mol. The number of aliphatic carboxylic acids is 1. The van der Waals surface area contributed by atoms with Crippen molar-refractivity contribution in [2.24, 2.45) is 0 Å². The summed E-state index contributed by atoms with van der Waals surface area (Å²) in [6, 6.07) is 0. The average molecular weight is 301 g/mol. The minimum absolute atomic E-state index is 0.116. The van der Waals surface area contributed by atoms with E-state index >= 15 is 0 Å². The number of alkyl halides is 1. The molecule has 3 heteroatoms. The van der Waals surface area contributed by atoms with E-state index in [-0.39, 0.29) is 5.38 Å². The predicted octanol–water partition coefficient (Wildman–Crippen LogP) is 5.71. The molecule has 0 radical (unpaired) electrons. The first kappa shape index (κ1) is 19.2. The highest BCUT2D eigenvalue weighted by atomic mass is 35.5. The fraction of sp³-hybridized carbons (Fsp3) is 0.706. The lowest BCUT2D eigenvalue weighted by Crippen LogP contribution is -1.95. The summed E-state index contributed by atoms with van der Waals surface area (Å²) in [6.07, 6.45) is 18.4. The molecule has 1 N–H and O–H groups in total. The van der Waals surface area contributed by atoms with Gasteiger partial charge < -0.3 is 5.11 Å². The maximum Gasteiger partial charge on any atom is 0.303 e. The number of carboxylic acid groups (broad SMARTS) is 1. The molecule has 0 bridgehead atoms. The molecule has 0 heterocycles. The largest absolute Gasteiger partial charge is 0.481 e. The normalized spacial score (nSPS) is 13.3. The molecule has 0 rings (SSSR count). The molecule has 0 saturated heterocycles. The van der Waals surface area contributed by atoms with Gasteiger partial charge in [-0.2, -0.15) is 0 Å². The van der Waals surface area contributed by atoms with Crippen molar-refractivity contribution in [1.82, 2.24) is 0 Å². The molecule has 1 atom stereocenters. The summed E-state index contributed by atoms with van der Waals surface area (Å²) < 4.78 is 0. The highest BCUT2D eigenvalue weighted by molar-refractivity contribution is 6.21. The fourth-order valence-corrected chi connectivity index (χ4v) is 2.16. The minimum atomic E-state index is -0.692. The van der Waals surface area contributed by atoms with Crippen molar-refractivity contribution >= 4 is 17.6 Å². The van der Waals surface area contributed by atoms with Crippen molar-refractivity contribution in [3.63, 3.8) is 0 Å². The van der Waals surface area contributed by atoms with Crippen molar-refractivity contribution in [1.29, 1.82) is 0 Å². The third-order valence-corrected chi connectivity index (χ3v) is 3.53. The number of unbranched alkanes of at least 4 members (excludes halogenated alkanes) is 6. The van der Waals surface area contributed by atoms with Gasteiger partial charge in [-0.1, -0.05) is 69.8 Å². The van der Waals surface area contributed by atoms with Gasteiger partial charge in [0.05, 0.1) is 5.38 Å². The summed E-state index contributed by atoms with van der Waals surface area (Å²) in [5.41, 5.74) is 0. The molecule has 1 unspecified atom stereocenters. The Balaban J connectivity index is 3.39. The van der Waals surface area contributed by atoms with E-state index in [2.05, 4.69) is 25.2 Å². The summed E-state index contributed by atoms with van der Waals surface area (Å²) >= 11 is 6.20. The summed E-state index contributed by atoms with van der Waals surface area (Å²) in [7, 11) is 0.